The van der Waals surface area contributed by atoms with E-state index >= 15 is 0 Å². The summed E-state index contributed by atoms with van der Waals surface area (Å²) in [5, 5.41) is 3.34. The van der Waals surface area contributed by atoms with E-state index in [9.17, 15) is 4.39 Å². The predicted octanol–water partition coefficient (Wildman–Crippen LogP) is 2.12. The Kier molecular flexibility index (Phi) is 3.22. The molecule has 2 fully saturated rings. The first-order valence-electron chi connectivity index (χ1n) is 6.53. The molecule has 2 aliphatic heterocycles. The molecule has 3 rings (SSSR count). The Morgan fingerprint density at radius 3 is 2.67 bits per heavy atom. The number of ether oxygens (including phenoxy) is 2. The van der Waals surface area contributed by atoms with E-state index in [2.05, 4.69) is 5.32 Å². The van der Waals surface area contributed by atoms with Crippen molar-refractivity contribution in [3.05, 3.63) is 30.1 Å². The summed E-state index contributed by atoms with van der Waals surface area (Å²) in [7, 11) is 0. The lowest BCUT2D eigenvalue weighted by molar-refractivity contribution is -0.0205. The average Bonchev–Trinajstić information content (AvgIpc) is 2.76. The van der Waals surface area contributed by atoms with Crippen molar-refractivity contribution in [3.8, 4) is 5.75 Å². The molecule has 0 amide bonds. The van der Waals surface area contributed by atoms with Crippen LogP contribution >= 0.6 is 0 Å². The molecule has 3 nitrogen and oxygen atoms in total. The van der Waals surface area contributed by atoms with Crippen molar-refractivity contribution >= 4 is 0 Å². The summed E-state index contributed by atoms with van der Waals surface area (Å²) in [6, 6.07) is 6.18. The summed E-state index contributed by atoms with van der Waals surface area (Å²) in [4.78, 5) is 0. The molecule has 98 valence electrons. The molecule has 18 heavy (non-hydrogen) atoms. The fraction of sp³-hybridized carbons (Fsp3) is 0.571. The maximum absolute atomic E-state index is 12.8. The zero-order valence-corrected chi connectivity index (χ0v) is 10.3. The van der Waals surface area contributed by atoms with Crippen molar-refractivity contribution in [2.75, 3.05) is 19.7 Å². The molecular formula is C14H18FNO2. The Morgan fingerprint density at radius 2 is 1.94 bits per heavy atom. The van der Waals surface area contributed by atoms with Crippen molar-refractivity contribution < 1.29 is 13.9 Å². The van der Waals surface area contributed by atoms with Gasteiger partial charge in [0.15, 0.2) is 0 Å². The molecule has 2 heterocycles. The lowest BCUT2D eigenvalue weighted by atomic mass is 9.89. The summed E-state index contributed by atoms with van der Waals surface area (Å²) < 4.78 is 24.6. The highest BCUT2D eigenvalue weighted by molar-refractivity contribution is 5.22. The van der Waals surface area contributed by atoms with Crippen LogP contribution < -0.4 is 10.1 Å². The molecule has 1 aromatic carbocycles. The normalized spacial score (nSPS) is 26.4. The molecule has 2 saturated heterocycles. The Bertz CT molecular complexity index is 401. The van der Waals surface area contributed by atoms with Crippen LogP contribution in [0.5, 0.6) is 5.75 Å². The van der Waals surface area contributed by atoms with E-state index in [0.717, 1.165) is 38.1 Å². The van der Waals surface area contributed by atoms with E-state index in [-0.39, 0.29) is 17.5 Å². The van der Waals surface area contributed by atoms with E-state index in [1.807, 2.05) is 0 Å². The maximum Gasteiger partial charge on any atom is 0.125 e. The van der Waals surface area contributed by atoms with E-state index in [1.165, 1.54) is 12.1 Å². The van der Waals surface area contributed by atoms with E-state index in [4.69, 9.17) is 9.47 Å². The second-order valence-electron chi connectivity index (χ2n) is 5.14. The second kappa shape index (κ2) is 4.86. The van der Waals surface area contributed by atoms with Crippen LogP contribution in [0.4, 0.5) is 4.39 Å². The minimum Gasteiger partial charge on any atom is -0.488 e. The zero-order chi connectivity index (χ0) is 12.4. The Balaban J connectivity index is 1.60. The van der Waals surface area contributed by atoms with Crippen LogP contribution in [0.1, 0.15) is 19.3 Å². The molecule has 1 aromatic rings. The third kappa shape index (κ3) is 2.49. The highest BCUT2D eigenvalue weighted by Crippen LogP contribution is 2.35. The summed E-state index contributed by atoms with van der Waals surface area (Å²) in [6.45, 7) is 2.67. The van der Waals surface area contributed by atoms with Gasteiger partial charge in [-0.3, -0.25) is 0 Å². The number of nitrogens with one attached hydrogen (secondary N) is 1. The van der Waals surface area contributed by atoms with Gasteiger partial charge in [-0.05, 0) is 50.2 Å². The molecule has 1 N–H and O–H groups in total. The number of rotatable bonds is 2. The fourth-order valence-corrected chi connectivity index (χ4v) is 2.81. The molecule has 4 heteroatoms. The Hall–Kier alpha value is -1.13. The summed E-state index contributed by atoms with van der Waals surface area (Å²) in [5.74, 6) is 0.482. The minimum atomic E-state index is -0.236. The number of hydrogen-bond acceptors (Lipinski definition) is 3. The molecule has 0 unspecified atom stereocenters. The van der Waals surface area contributed by atoms with Crippen molar-refractivity contribution in [2.45, 2.75) is 31.0 Å². The molecule has 0 bridgehead atoms. The first-order chi connectivity index (χ1) is 8.76. The van der Waals surface area contributed by atoms with Crippen LogP contribution in [0.25, 0.3) is 0 Å². The topological polar surface area (TPSA) is 30.5 Å². The van der Waals surface area contributed by atoms with E-state index in [1.54, 1.807) is 12.1 Å². The highest BCUT2D eigenvalue weighted by Gasteiger charge is 2.42. The molecule has 2 aliphatic rings. The summed E-state index contributed by atoms with van der Waals surface area (Å²) in [5.41, 5.74) is 0.00987. The van der Waals surface area contributed by atoms with Gasteiger partial charge in [-0.25, -0.2) is 4.39 Å². The van der Waals surface area contributed by atoms with Gasteiger partial charge in [-0.2, -0.15) is 0 Å². The van der Waals surface area contributed by atoms with E-state index < -0.39 is 0 Å². The molecule has 0 aliphatic carbocycles. The minimum absolute atomic E-state index is 0.00987. The van der Waals surface area contributed by atoms with Gasteiger partial charge >= 0.3 is 0 Å². The summed E-state index contributed by atoms with van der Waals surface area (Å²) in [6.07, 6.45) is 3.13. The van der Waals surface area contributed by atoms with Crippen molar-refractivity contribution in [3.63, 3.8) is 0 Å². The number of halogens is 1. The third-order valence-corrected chi connectivity index (χ3v) is 3.81. The standard InChI is InChI=1S/C14H18FNO2/c15-11-1-3-12(4-2-11)18-13-9-14(17-10-13)5-7-16-8-6-14/h1-4,13,16H,5-10H2/t13-/m0/s1. The maximum atomic E-state index is 12.8. The molecular weight excluding hydrogens is 233 g/mol. The first kappa shape index (κ1) is 11.9. The number of piperidine rings is 1. The van der Waals surface area contributed by atoms with Crippen LogP contribution in [-0.2, 0) is 4.74 Å². The highest BCUT2D eigenvalue weighted by atomic mass is 19.1. The zero-order valence-electron chi connectivity index (χ0n) is 10.3. The number of hydrogen-bond donors (Lipinski definition) is 1. The molecule has 0 radical (unpaired) electrons. The largest absolute Gasteiger partial charge is 0.488 e. The second-order valence-corrected chi connectivity index (χ2v) is 5.14. The van der Waals surface area contributed by atoms with Crippen LogP contribution in [0.3, 0.4) is 0 Å². The van der Waals surface area contributed by atoms with Crippen molar-refractivity contribution in [2.24, 2.45) is 0 Å². The van der Waals surface area contributed by atoms with Gasteiger partial charge in [0.2, 0.25) is 0 Å². The lowest BCUT2D eigenvalue weighted by Gasteiger charge is -2.32. The van der Waals surface area contributed by atoms with Gasteiger partial charge < -0.3 is 14.8 Å². The summed E-state index contributed by atoms with van der Waals surface area (Å²) >= 11 is 0. The van der Waals surface area contributed by atoms with Gasteiger partial charge in [-0.15, -0.1) is 0 Å². The van der Waals surface area contributed by atoms with Crippen LogP contribution in [-0.4, -0.2) is 31.4 Å². The van der Waals surface area contributed by atoms with Gasteiger partial charge in [0.25, 0.3) is 0 Å². The monoisotopic (exact) mass is 251 g/mol. The molecule has 0 aromatic heterocycles. The van der Waals surface area contributed by atoms with Gasteiger partial charge in [0.05, 0.1) is 12.2 Å². The SMILES string of the molecule is Fc1ccc(O[C@@H]2COC3(CCNCC3)C2)cc1. The van der Waals surface area contributed by atoms with Crippen LogP contribution in [0.2, 0.25) is 0 Å². The molecule has 1 atom stereocenters. The Morgan fingerprint density at radius 1 is 1.22 bits per heavy atom. The first-order valence-corrected chi connectivity index (χ1v) is 6.53. The lowest BCUT2D eigenvalue weighted by Crippen LogP contribution is -2.41. The average molecular weight is 251 g/mol. The Labute approximate surface area is 106 Å². The van der Waals surface area contributed by atoms with Gasteiger partial charge in [-0.1, -0.05) is 0 Å². The predicted molar refractivity (Wildman–Crippen MR) is 66.2 cm³/mol. The fourth-order valence-electron chi connectivity index (χ4n) is 2.81. The smallest absolute Gasteiger partial charge is 0.125 e. The number of benzene rings is 1. The van der Waals surface area contributed by atoms with Crippen molar-refractivity contribution in [1.82, 2.24) is 5.32 Å². The van der Waals surface area contributed by atoms with E-state index in [0.29, 0.717) is 6.61 Å². The molecule has 1 spiro atoms. The van der Waals surface area contributed by atoms with Gasteiger partial charge in [0.1, 0.15) is 17.7 Å². The quantitative estimate of drug-likeness (QED) is 0.873. The van der Waals surface area contributed by atoms with Gasteiger partial charge in [0, 0.05) is 6.42 Å². The molecule has 0 saturated carbocycles. The van der Waals surface area contributed by atoms with Crippen LogP contribution in [0.15, 0.2) is 24.3 Å². The third-order valence-electron chi connectivity index (χ3n) is 3.81. The van der Waals surface area contributed by atoms with Crippen LogP contribution in [0, 0.1) is 5.82 Å². The van der Waals surface area contributed by atoms with Crippen molar-refractivity contribution in [1.29, 1.82) is 0 Å².